The largest absolute Gasteiger partial charge is 0.465 e. The molecule has 0 amide bonds. The lowest BCUT2D eigenvalue weighted by Gasteiger charge is -2.32. The van der Waals surface area contributed by atoms with Crippen LogP contribution in [-0.2, 0) is 19.0 Å². The first-order valence-electron chi connectivity index (χ1n) is 7.99. The van der Waals surface area contributed by atoms with Crippen LogP contribution in [0.2, 0.25) is 0 Å². The molecule has 5 heteroatoms. The maximum atomic E-state index is 12.4. The Labute approximate surface area is 128 Å². The lowest BCUT2D eigenvalue weighted by Crippen LogP contribution is -2.58. The number of rotatable bonds is 10. The van der Waals surface area contributed by atoms with Gasteiger partial charge in [-0.1, -0.05) is 6.92 Å². The molecule has 0 spiro atoms. The average molecular weight is 301 g/mol. The zero-order chi connectivity index (χ0) is 15.9. The van der Waals surface area contributed by atoms with E-state index in [0.29, 0.717) is 32.3 Å². The lowest BCUT2D eigenvalue weighted by molar-refractivity contribution is -0.156. The quantitative estimate of drug-likeness (QED) is 0.495. The minimum atomic E-state index is -0.688. The number of hydrogen-bond acceptors (Lipinski definition) is 5. The van der Waals surface area contributed by atoms with Crippen LogP contribution < -0.4 is 5.32 Å². The summed E-state index contributed by atoms with van der Waals surface area (Å²) in [5, 5.41) is 3.31. The fourth-order valence-electron chi connectivity index (χ4n) is 2.40. The summed E-state index contributed by atoms with van der Waals surface area (Å²) in [6, 6.07) is 0. The first-order valence-corrected chi connectivity index (χ1v) is 7.99. The third-order valence-corrected chi connectivity index (χ3v) is 3.50. The highest BCUT2D eigenvalue weighted by atomic mass is 16.5. The Hall–Kier alpha value is -0.650. The smallest absolute Gasteiger partial charge is 0.329 e. The third-order valence-electron chi connectivity index (χ3n) is 3.50. The summed E-state index contributed by atoms with van der Waals surface area (Å²) in [4.78, 5) is 12.4. The first-order chi connectivity index (χ1) is 9.85. The molecule has 124 valence electrons. The molecule has 0 aromatic rings. The Morgan fingerprint density at radius 3 is 2.33 bits per heavy atom. The van der Waals surface area contributed by atoms with Gasteiger partial charge < -0.3 is 14.2 Å². The Morgan fingerprint density at radius 2 is 1.86 bits per heavy atom. The molecule has 0 aromatic carbocycles. The van der Waals surface area contributed by atoms with Crippen LogP contribution in [0, 0.1) is 5.92 Å². The van der Waals surface area contributed by atoms with E-state index in [4.69, 9.17) is 14.2 Å². The summed E-state index contributed by atoms with van der Waals surface area (Å²) in [6.45, 7) is 12.3. The van der Waals surface area contributed by atoms with E-state index in [0.717, 1.165) is 19.4 Å². The second kappa shape index (κ2) is 8.11. The van der Waals surface area contributed by atoms with Gasteiger partial charge in [-0.05, 0) is 53.0 Å². The molecule has 1 atom stereocenters. The van der Waals surface area contributed by atoms with Crippen molar-refractivity contribution in [1.29, 1.82) is 0 Å². The van der Waals surface area contributed by atoms with E-state index in [-0.39, 0.29) is 11.6 Å². The molecule has 0 aromatic heterocycles. The Morgan fingerprint density at radius 1 is 1.19 bits per heavy atom. The van der Waals surface area contributed by atoms with Gasteiger partial charge in [-0.2, -0.15) is 0 Å². The summed E-state index contributed by atoms with van der Waals surface area (Å²) in [5.41, 5.74) is -0.855. The van der Waals surface area contributed by atoms with Crippen LogP contribution in [0.3, 0.4) is 0 Å². The number of hydrogen-bond donors (Lipinski definition) is 1. The molecule has 5 nitrogen and oxygen atoms in total. The van der Waals surface area contributed by atoms with Crippen LogP contribution in [0.4, 0.5) is 0 Å². The summed E-state index contributed by atoms with van der Waals surface area (Å²) in [6.07, 6.45) is 2.10. The predicted octanol–water partition coefficient (Wildman–Crippen LogP) is 2.14. The van der Waals surface area contributed by atoms with E-state index in [2.05, 4.69) is 5.32 Å². The second-order valence-corrected chi connectivity index (χ2v) is 6.51. The van der Waals surface area contributed by atoms with Crippen molar-refractivity contribution >= 4 is 5.97 Å². The van der Waals surface area contributed by atoms with Gasteiger partial charge in [0.05, 0.1) is 32.0 Å². The van der Waals surface area contributed by atoms with Crippen molar-refractivity contribution in [1.82, 2.24) is 5.32 Å². The molecule has 1 unspecified atom stereocenters. The first kappa shape index (κ1) is 18.4. The fourth-order valence-corrected chi connectivity index (χ4v) is 2.40. The van der Waals surface area contributed by atoms with E-state index in [1.165, 1.54) is 0 Å². The molecule has 1 aliphatic rings. The molecule has 0 saturated heterocycles. The van der Waals surface area contributed by atoms with Crippen molar-refractivity contribution in [2.24, 2.45) is 5.92 Å². The van der Waals surface area contributed by atoms with Crippen LogP contribution in [0.5, 0.6) is 0 Å². The molecule has 21 heavy (non-hydrogen) atoms. The maximum Gasteiger partial charge on any atom is 0.329 e. The minimum Gasteiger partial charge on any atom is -0.465 e. The fraction of sp³-hybridized carbons (Fsp3) is 0.938. The van der Waals surface area contributed by atoms with Gasteiger partial charge in [0, 0.05) is 0 Å². The predicted molar refractivity (Wildman–Crippen MR) is 82.3 cm³/mol. The Bertz CT molecular complexity index is 323. The van der Waals surface area contributed by atoms with Crippen LogP contribution in [0.1, 0.15) is 47.5 Å². The zero-order valence-electron chi connectivity index (χ0n) is 14.2. The van der Waals surface area contributed by atoms with Crippen LogP contribution in [0.25, 0.3) is 0 Å². The normalized spacial score (nSPS) is 18.3. The molecular weight excluding hydrogens is 270 g/mol. The summed E-state index contributed by atoms with van der Waals surface area (Å²) < 4.78 is 16.6. The highest BCUT2D eigenvalue weighted by Gasteiger charge is 2.51. The molecule has 0 bridgehead atoms. The Kier molecular flexibility index (Phi) is 7.10. The van der Waals surface area contributed by atoms with Gasteiger partial charge in [-0.3, -0.25) is 5.32 Å². The van der Waals surface area contributed by atoms with E-state index in [9.17, 15) is 4.79 Å². The number of esters is 1. The number of carbonyl (C=O) groups excluding carboxylic acids is 1. The van der Waals surface area contributed by atoms with Gasteiger partial charge in [0.15, 0.2) is 0 Å². The molecule has 1 aliphatic carbocycles. The molecule has 0 radical (unpaired) electrons. The van der Waals surface area contributed by atoms with Crippen LogP contribution >= 0.6 is 0 Å². The van der Waals surface area contributed by atoms with Gasteiger partial charge in [0.2, 0.25) is 0 Å². The summed E-state index contributed by atoms with van der Waals surface area (Å²) >= 11 is 0. The molecule has 1 N–H and O–H groups in total. The van der Waals surface area contributed by atoms with E-state index < -0.39 is 5.54 Å². The van der Waals surface area contributed by atoms with Gasteiger partial charge in [0.25, 0.3) is 0 Å². The summed E-state index contributed by atoms with van der Waals surface area (Å²) in [7, 11) is 0. The van der Waals surface area contributed by atoms with Crippen LogP contribution in [-0.4, -0.2) is 50.1 Å². The van der Waals surface area contributed by atoms with Crippen molar-refractivity contribution in [3.05, 3.63) is 0 Å². The standard InChI is InChI=1S/C16H31NO4/c1-6-17-16(13-8-9-13,14(18)20-7-2)12-19-10-11-21-15(3,4)5/h13,17H,6-12H2,1-5H3. The molecule has 1 rings (SSSR count). The highest BCUT2D eigenvalue weighted by Crippen LogP contribution is 2.40. The van der Waals surface area contributed by atoms with Crippen LogP contribution in [0.15, 0.2) is 0 Å². The molecule has 0 aliphatic heterocycles. The second-order valence-electron chi connectivity index (χ2n) is 6.51. The number of ether oxygens (including phenoxy) is 3. The monoisotopic (exact) mass is 301 g/mol. The van der Waals surface area contributed by atoms with Crippen molar-refractivity contribution in [3.8, 4) is 0 Å². The van der Waals surface area contributed by atoms with Crippen molar-refractivity contribution in [2.75, 3.05) is 33.0 Å². The van der Waals surface area contributed by atoms with Crippen molar-refractivity contribution in [2.45, 2.75) is 58.6 Å². The number of nitrogens with one attached hydrogen (secondary N) is 1. The SMILES string of the molecule is CCNC(COCCOC(C)(C)C)(C(=O)OCC)C1CC1. The van der Waals surface area contributed by atoms with Gasteiger partial charge >= 0.3 is 5.97 Å². The molecule has 1 fully saturated rings. The van der Waals surface area contributed by atoms with Gasteiger partial charge in [0.1, 0.15) is 5.54 Å². The molecule has 0 heterocycles. The molecule has 1 saturated carbocycles. The van der Waals surface area contributed by atoms with E-state index >= 15 is 0 Å². The average Bonchev–Trinajstić information content (AvgIpc) is 3.20. The topological polar surface area (TPSA) is 56.8 Å². The van der Waals surface area contributed by atoms with Gasteiger partial charge in [-0.15, -0.1) is 0 Å². The minimum absolute atomic E-state index is 0.167. The third kappa shape index (κ3) is 5.93. The lowest BCUT2D eigenvalue weighted by atomic mass is 9.94. The van der Waals surface area contributed by atoms with Gasteiger partial charge in [-0.25, -0.2) is 4.79 Å². The Balaban J connectivity index is 2.51. The van der Waals surface area contributed by atoms with Crippen molar-refractivity contribution in [3.63, 3.8) is 0 Å². The van der Waals surface area contributed by atoms with E-state index in [1.54, 1.807) is 0 Å². The molecular formula is C16H31NO4. The van der Waals surface area contributed by atoms with E-state index in [1.807, 2.05) is 34.6 Å². The summed E-state index contributed by atoms with van der Waals surface area (Å²) in [5.74, 6) is 0.131. The number of carbonyl (C=O) groups is 1. The number of likely N-dealkylation sites (N-methyl/N-ethyl adjacent to an activating group) is 1. The zero-order valence-corrected chi connectivity index (χ0v) is 14.2. The van der Waals surface area contributed by atoms with Crippen molar-refractivity contribution < 1.29 is 19.0 Å². The highest BCUT2D eigenvalue weighted by molar-refractivity contribution is 5.82. The maximum absolute atomic E-state index is 12.4.